The summed E-state index contributed by atoms with van der Waals surface area (Å²) in [4.78, 5) is 20.6. The van der Waals surface area contributed by atoms with Gasteiger partial charge in [-0.05, 0) is 37.5 Å². The highest BCUT2D eigenvalue weighted by atomic mass is 32.2. The van der Waals surface area contributed by atoms with Crippen molar-refractivity contribution in [1.82, 2.24) is 15.3 Å². The first-order valence-corrected chi connectivity index (χ1v) is 11.2. The molecule has 2 heterocycles. The van der Waals surface area contributed by atoms with Crippen molar-refractivity contribution >= 4 is 28.7 Å². The number of benzene rings is 2. The Kier molecular flexibility index (Phi) is 6.21. The SMILES string of the molecule is CC(SCC(=O)NCC1(c2ccccc2)CCOCC1)c1nc2ccccc2[nH]1. The van der Waals surface area contributed by atoms with E-state index >= 15 is 0 Å². The minimum Gasteiger partial charge on any atom is -0.381 e. The van der Waals surface area contributed by atoms with Crippen LogP contribution in [-0.4, -0.2) is 41.4 Å². The first kappa shape index (κ1) is 20.0. The number of carbonyl (C=O) groups excluding carboxylic acids is 1. The zero-order chi connectivity index (χ0) is 20.1. The fraction of sp³-hybridized carbons (Fsp3) is 0.391. The summed E-state index contributed by atoms with van der Waals surface area (Å²) in [6, 6.07) is 18.5. The van der Waals surface area contributed by atoms with Gasteiger partial charge in [-0.3, -0.25) is 4.79 Å². The monoisotopic (exact) mass is 409 g/mol. The van der Waals surface area contributed by atoms with E-state index in [9.17, 15) is 4.79 Å². The number of ether oxygens (including phenoxy) is 1. The Hall–Kier alpha value is -2.31. The number of H-pyrrole nitrogens is 1. The van der Waals surface area contributed by atoms with Gasteiger partial charge in [0, 0.05) is 25.2 Å². The van der Waals surface area contributed by atoms with Gasteiger partial charge in [0.2, 0.25) is 5.91 Å². The predicted octanol–water partition coefficient (Wildman–Crippen LogP) is 4.22. The molecule has 0 radical (unpaired) electrons. The number of amides is 1. The topological polar surface area (TPSA) is 67.0 Å². The molecular formula is C23H27N3O2S. The summed E-state index contributed by atoms with van der Waals surface area (Å²) in [5.74, 6) is 1.40. The zero-order valence-electron chi connectivity index (χ0n) is 16.7. The molecule has 0 saturated carbocycles. The minimum absolute atomic E-state index is 0.0375. The molecule has 2 N–H and O–H groups in total. The van der Waals surface area contributed by atoms with Gasteiger partial charge in [-0.2, -0.15) is 0 Å². The third-order valence-electron chi connectivity index (χ3n) is 5.72. The number of aromatic amines is 1. The van der Waals surface area contributed by atoms with E-state index in [1.807, 2.05) is 30.3 Å². The Labute approximate surface area is 175 Å². The molecule has 0 aliphatic carbocycles. The average Bonchev–Trinajstić information content (AvgIpc) is 3.22. The maximum atomic E-state index is 12.6. The van der Waals surface area contributed by atoms with Crippen LogP contribution in [0, 0.1) is 0 Å². The maximum absolute atomic E-state index is 12.6. The summed E-state index contributed by atoms with van der Waals surface area (Å²) in [5, 5.41) is 3.30. The number of hydrogen-bond donors (Lipinski definition) is 2. The van der Waals surface area contributed by atoms with Crippen LogP contribution in [0.1, 0.15) is 36.4 Å². The van der Waals surface area contributed by atoms with E-state index in [4.69, 9.17) is 4.74 Å². The minimum atomic E-state index is -0.0375. The smallest absolute Gasteiger partial charge is 0.230 e. The molecule has 1 saturated heterocycles. The van der Waals surface area contributed by atoms with Crippen LogP contribution in [0.15, 0.2) is 54.6 Å². The molecule has 1 unspecified atom stereocenters. The highest BCUT2D eigenvalue weighted by molar-refractivity contribution is 8.00. The average molecular weight is 410 g/mol. The lowest BCUT2D eigenvalue weighted by molar-refractivity contribution is -0.119. The highest BCUT2D eigenvalue weighted by Crippen LogP contribution is 2.34. The zero-order valence-corrected chi connectivity index (χ0v) is 17.5. The van der Waals surface area contributed by atoms with Gasteiger partial charge in [-0.25, -0.2) is 4.98 Å². The van der Waals surface area contributed by atoms with E-state index < -0.39 is 0 Å². The largest absolute Gasteiger partial charge is 0.381 e. The second kappa shape index (κ2) is 9.01. The lowest BCUT2D eigenvalue weighted by atomic mass is 9.74. The first-order valence-electron chi connectivity index (χ1n) is 10.1. The molecule has 1 aromatic heterocycles. The van der Waals surface area contributed by atoms with Crippen molar-refractivity contribution in [3.63, 3.8) is 0 Å². The number of hydrogen-bond acceptors (Lipinski definition) is 4. The van der Waals surface area contributed by atoms with Crippen LogP contribution in [0.3, 0.4) is 0 Å². The van der Waals surface area contributed by atoms with E-state index in [-0.39, 0.29) is 16.6 Å². The molecule has 2 aromatic carbocycles. The number of aromatic nitrogens is 2. The number of thioether (sulfide) groups is 1. The Bertz CT molecular complexity index is 918. The number of nitrogens with one attached hydrogen (secondary N) is 2. The summed E-state index contributed by atoms with van der Waals surface area (Å²) in [7, 11) is 0. The van der Waals surface area contributed by atoms with Crippen LogP contribution >= 0.6 is 11.8 Å². The molecular weight excluding hydrogens is 382 g/mol. The van der Waals surface area contributed by atoms with Crippen LogP contribution in [0.2, 0.25) is 0 Å². The van der Waals surface area contributed by atoms with E-state index in [0.29, 0.717) is 12.3 Å². The Morgan fingerprint density at radius 3 is 2.66 bits per heavy atom. The van der Waals surface area contributed by atoms with Crippen LogP contribution in [0.4, 0.5) is 0 Å². The van der Waals surface area contributed by atoms with Gasteiger partial charge in [0.1, 0.15) is 5.82 Å². The summed E-state index contributed by atoms with van der Waals surface area (Å²) < 4.78 is 5.58. The van der Waals surface area contributed by atoms with Crippen LogP contribution in [0.25, 0.3) is 11.0 Å². The number of nitrogens with zero attached hydrogens (tertiary/aromatic N) is 1. The van der Waals surface area contributed by atoms with E-state index in [2.05, 4.69) is 46.5 Å². The van der Waals surface area contributed by atoms with Crippen molar-refractivity contribution in [3.05, 3.63) is 66.0 Å². The lowest BCUT2D eigenvalue weighted by Gasteiger charge is -2.38. The molecule has 1 fully saturated rings. The summed E-state index contributed by atoms with van der Waals surface area (Å²) in [6.45, 7) is 4.21. The molecule has 1 aliphatic rings. The third kappa shape index (κ3) is 4.65. The summed E-state index contributed by atoms with van der Waals surface area (Å²) in [6.07, 6.45) is 1.86. The number of fused-ring (bicyclic) bond motifs is 1. The van der Waals surface area contributed by atoms with Crippen LogP contribution < -0.4 is 5.32 Å². The Morgan fingerprint density at radius 2 is 1.90 bits per heavy atom. The van der Waals surface area contributed by atoms with Gasteiger partial charge >= 0.3 is 0 Å². The first-order chi connectivity index (χ1) is 14.2. The van der Waals surface area contributed by atoms with E-state index in [1.165, 1.54) is 5.56 Å². The van der Waals surface area contributed by atoms with Crippen LogP contribution in [-0.2, 0) is 14.9 Å². The van der Waals surface area contributed by atoms with Crippen molar-refractivity contribution in [2.24, 2.45) is 0 Å². The van der Waals surface area contributed by atoms with Gasteiger partial charge in [0.25, 0.3) is 0 Å². The molecule has 1 amide bonds. The quantitative estimate of drug-likeness (QED) is 0.613. The lowest BCUT2D eigenvalue weighted by Crippen LogP contribution is -2.45. The van der Waals surface area contributed by atoms with Crippen molar-refractivity contribution < 1.29 is 9.53 Å². The Balaban J connectivity index is 1.34. The number of rotatable bonds is 7. The van der Waals surface area contributed by atoms with Crippen molar-refractivity contribution in [2.45, 2.75) is 30.4 Å². The van der Waals surface area contributed by atoms with E-state index in [0.717, 1.165) is 42.9 Å². The normalized spacial score (nSPS) is 17.1. The van der Waals surface area contributed by atoms with Crippen LogP contribution in [0.5, 0.6) is 0 Å². The van der Waals surface area contributed by atoms with Crippen molar-refractivity contribution in [2.75, 3.05) is 25.5 Å². The predicted molar refractivity (Wildman–Crippen MR) is 118 cm³/mol. The molecule has 29 heavy (non-hydrogen) atoms. The van der Waals surface area contributed by atoms with Crippen molar-refractivity contribution in [1.29, 1.82) is 0 Å². The number of carbonyl (C=O) groups is 1. The molecule has 0 spiro atoms. The molecule has 0 bridgehead atoms. The fourth-order valence-corrected chi connectivity index (χ4v) is 4.66. The molecule has 5 nitrogen and oxygen atoms in total. The van der Waals surface area contributed by atoms with Gasteiger partial charge in [0.05, 0.1) is 22.0 Å². The summed E-state index contributed by atoms with van der Waals surface area (Å²) >= 11 is 1.60. The maximum Gasteiger partial charge on any atom is 0.230 e. The summed E-state index contributed by atoms with van der Waals surface area (Å²) in [5.41, 5.74) is 3.24. The van der Waals surface area contributed by atoms with Gasteiger partial charge in [-0.1, -0.05) is 42.5 Å². The standard InChI is InChI=1S/C23H27N3O2S/c1-17(22-25-19-9-5-6-10-20(19)26-22)29-15-21(27)24-16-23(11-13-28-14-12-23)18-7-3-2-4-8-18/h2-10,17H,11-16H2,1H3,(H,24,27)(H,25,26). The number of imidazole rings is 1. The second-order valence-electron chi connectivity index (χ2n) is 7.63. The third-order valence-corrected chi connectivity index (χ3v) is 6.87. The van der Waals surface area contributed by atoms with Gasteiger partial charge in [0.15, 0.2) is 0 Å². The molecule has 6 heteroatoms. The fourth-order valence-electron chi connectivity index (χ4n) is 3.88. The highest BCUT2D eigenvalue weighted by Gasteiger charge is 2.34. The van der Waals surface area contributed by atoms with Gasteiger partial charge in [-0.15, -0.1) is 11.8 Å². The molecule has 3 aromatic rings. The van der Waals surface area contributed by atoms with E-state index in [1.54, 1.807) is 11.8 Å². The Morgan fingerprint density at radius 1 is 1.17 bits per heavy atom. The number of para-hydroxylation sites is 2. The molecule has 4 rings (SSSR count). The van der Waals surface area contributed by atoms with Gasteiger partial charge < -0.3 is 15.0 Å². The van der Waals surface area contributed by atoms with Crippen molar-refractivity contribution in [3.8, 4) is 0 Å². The molecule has 152 valence electrons. The molecule has 1 atom stereocenters. The second-order valence-corrected chi connectivity index (χ2v) is 8.96. The molecule has 1 aliphatic heterocycles.